The number of benzene rings is 1. The highest BCUT2D eigenvalue weighted by atomic mass is 35.5. The van der Waals surface area contributed by atoms with Crippen molar-refractivity contribution in [2.75, 3.05) is 0 Å². The summed E-state index contributed by atoms with van der Waals surface area (Å²) in [5.74, 6) is 0. The molecule has 2 rings (SSSR count). The van der Waals surface area contributed by atoms with Gasteiger partial charge >= 0.3 is 0 Å². The molecule has 0 saturated carbocycles. The summed E-state index contributed by atoms with van der Waals surface area (Å²) in [6.45, 7) is 1.26. The highest BCUT2D eigenvalue weighted by Crippen LogP contribution is 2.10. The van der Waals surface area contributed by atoms with Gasteiger partial charge in [-0.2, -0.15) is 0 Å². The topological polar surface area (TPSA) is 37.0 Å². The van der Waals surface area contributed by atoms with Gasteiger partial charge in [0.05, 0.1) is 12.2 Å². The van der Waals surface area contributed by atoms with Crippen molar-refractivity contribution in [2.45, 2.75) is 13.1 Å². The SMILES string of the molecule is S=C(NCc1cccc(Cl)c1)NCc1ccccn1. The minimum absolute atomic E-state index is 0.602. The van der Waals surface area contributed by atoms with E-state index in [0.717, 1.165) is 16.3 Å². The molecule has 0 amide bonds. The molecule has 5 heteroatoms. The van der Waals surface area contributed by atoms with Gasteiger partial charge in [-0.1, -0.05) is 29.8 Å². The first-order valence-corrected chi connectivity index (χ1v) is 6.69. The van der Waals surface area contributed by atoms with E-state index in [9.17, 15) is 0 Å². The van der Waals surface area contributed by atoms with Gasteiger partial charge in [0.15, 0.2) is 5.11 Å². The van der Waals surface area contributed by atoms with Crippen LogP contribution in [0.4, 0.5) is 0 Å². The van der Waals surface area contributed by atoms with E-state index in [-0.39, 0.29) is 0 Å². The number of nitrogens with zero attached hydrogens (tertiary/aromatic N) is 1. The fourth-order valence-corrected chi connectivity index (χ4v) is 1.92. The zero-order chi connectivity index (χ0) is 13.5. The predicted octanol–water partition coefficient (Wildman–Crippen LogP) is 2.90. The molecule has 0 saturated heterocycles. The molecule has 1 aromatic carbocycles. The first-order valence-electron chi connectivity index (χ1n) is 5.90. The van der Waals surface area contributed by atoms with E-state index in [4.69, 9.17) is 23.8 Å². The molecular weight excluding hydrogens is 278 g/mol. The molecule has 1 heterocycles. The quantitative estimate of drug-likeness (QED) is 0.850. The fourth-order valence-electron chi connectivity index (χ4n) is 1.57. The Bertz CT molecular complexity index is 545. The highest BCUT2D eigenvalue weighted by Gasteiger charge is 1.98. The van der Waals surface area contributed by atoms with Gasteiger partial charge < -0.3 is 10.6 Å². The Morgan fingerprint density at radius 3 is 2.68 bits per heavy atom. The summed E-state index contributed by atoms with van der Waals surface area (Å²) < 4.78 is 0. The zero-order valence-corrected chi connectivity index (χ0v) is 11.8. The molecule has 0 radical (unpaired) electrons. The number of hydrogen-bond donors (Lipinski definition) is 2. The summed E-state index contributed by atoms with van der Waals surface area (Å²) in [7, 11) is 0. The van der Waals surface area contributed by atoms with Gasteiger partial charge in [-0.05, 0) is 42.0 Å². The minimum Gasteiger partial charge on any atom is -0.359 e. The number of halogens is 1. The number of aromatic nitrogens is 1. The molecule has 19 heavy (non-hydrogen) atoms. The largest absolute Gasteiger partial charge is 0.359 e. The van der Waals surface area contributed by atoms with E-state index < -0.39 is 0 Å². The van der Waals surface area contributed by atoms with Crippen LogP contribution in [0.5, 0.6) is 0 Å². The Morgan fingerprint density at radius 2 is 1.95 bits per heavy atom. The Labute approximate surface area is 123 Å². The molecule has 0 spiro atoms. The fraction of sp³-hybridized carbons (Fsp3) is 0.143. The highest BCUT2D eigenvalue weighted by molar-refractivity contribution is 7.80. The van der Waals surface area contributed by atoms with E-state index >= 15 is 0 Å². The Kier molecular flexibility index (Phi) is 5.12. The van der Waals surface area contributed by atoms with Crippen LogP contribution in [0.2, 0.25) is 5.02 Å². The summed E-state index contributed by atoms with van der Waals surface area (Å²) in [6.07, 6.45) is 1.76. The Morgan fingerprint density at radius 1 is 1.11 bits per heavy atom. The molecule has 0 aliphatic heterocycles. The lowest BCUT2D eigenvalue weighted by atomic mass is 10.2. The lowest BCUT2D eigenvalue weighted by Crippen LogP contribution is -2.34. The average Bonchev–Trinajstić information content (AvgIpc) is 2.44. The van der Waals surface area contributed by atoms with Crippen LogP contribution in [0.25, 0.3) is 0 Å². The summed E-state index contributed by atoms with van der Waals surface area (Å²) in [5.41, 5.74) is 2.05. The number of pyridine rings is 1. The molecule has 0 fully saturated rings. The molecule has 1 aromatic heterocycles. The van der Waals surface area contributed by atoms with Gasteiger partial charge in [-0.15, -0.1) is 0 Å². The van der Waals surface area contributed by atoms with Gasteiger partial charge in [0.25, 0.3) is 0 Å². The number of nitrogens with one attached hydrogen (secondary N) is 2. The number of hydrogen-bond acceptors (Lipinski definition) is 2. The third kappa shape index (κ3) is 4.85. The van der Waals surface area contributed by atoms with E-state index in [2.05, 4.69) is 15.6 Å². The minimum atomic E-state index is 0.602. The van der Waals surface area contributed by atoms with Crippen LogP contribution in [-0.4, -0.2) is 10.1 Å². The van der Waals surface area contributed by atoms with E-state index in [1.165, 1.54) is 0 Å². The third-order valence-corrected chi connectivity index (χ3v) is 3.02. The van der Waals surface area contributed by atoms with Gasteiger partial charge in [0.2, 0.25) is 0 Å². The Balaban J connectivity index is 1.76. The van der Waals surface area contributed by atoms with E-state index in [1.807, 2.05) is 42.5 Å². The molecule has 0 aliphatic rings. The van der Waals surface area contributed by atoms with Gasteiger partial charge in [-0.25, -0.2) is 0 Å². The molecule has 0 atom stereocenters. The maximum Gasteiger partial charge on any atom is 0.166 e. The van der Waals surface area contributed by atoms with Crippen molar-refractivity contribution in [3.63, 3.8) is 0 Å². The molecule has 0 bridgehead atoms. The normalized spacial score (nSPS) is 9.95. The van der Waals surface area contributed by atoms with Crippen LogP contribution in [-0.2, 0) is 13.1 Å². The molecule has 0 unspecified atom stereocenters. The second-order valence-electron chi connectivity index (χ2n) is 3.99. The van der Waals surface area contributed by atoms with Crippen molar-refractivity contribution in [3.8, 4) is 0 Å². The van der Waals surface area contributed by atoms with Crippen LogP contribution in [0.15, 0.2) is 48.7 Å². The second kappa shape index (κ2) is 7.07. The van der Waals surface area contributed by atoms with E-state index in [0.29, 0.717) is 18.2 Å². The van der Waals surface area contributed by atoms with Crippen LogP contribution < -0.4 is 10.6 Å². The van der Waals surface area contributed by atoms with Crippen molar-refractivity contribution in [1.82, 2.24) is 15.6 Å². The molecule has 2 aromatic rings. The van der Waals surface area contributed by atoms with Crippen molar-refractivity contribution < 1.29 is 0 Å². The smallest absolute Gasteiger partial charge is 0.166 e. The number of rotatable bonds is 4. The summed E-state index contributed by atoms with van der Waals surface area (Å²) in [5, 5.41) is 7.57. The van der Waals surface area contributed by atoms with Crippen LogP contribution in [0.1, 0.15) is 11.3 Å². The zero-order valence-electron chi connectivity index (χ0n) is 10.3. The first kappa shape index (κ1) is 13.8. The standard InChI is InChI=1S/C14H14ClN3S/c15-12-5-3-4-11(8-12)9-17-14(19)18-10-13-6-1-2-7-16-13/h1-8H,9-10H2,(H2,17,18,19). The summed E-state index contributed by atoms with van der Waals surface area (Å²) in [4.78, 5) is 4.21. The van der Waals surface area contributed by atoms with Crippen LogP contribution >= 0.6 is 23.8 Å². The second-order valence-corrected chi connectivity index (χ2v) is 4.83. The maximum atomic E-state index is 5.92. The van der Waals surface area contributed by atoms with Crippen LogP contribution in [0.3, 0.4) is 0 Å². The first-order chi connectivity index (χ1) is 9.24. The van der Waals surface area contributed by atoms with Gasteiger partial charge in [0, 0.05) is 17.8 Å². The maximum absolute atomic E-state index is 5.92. The van der Waals surface area contributed by atoms with Crippen molar-refractivity contribution >= 4 is 28.9 Å². The van der Waals surface area contributed by atoms with E-state index in [1.54, 1.807) is 6.20 Å². The predicted molar refractivity (Wildman–Crippen MR) is 82.0 cm³/mol. The lowest BCUT2D eigenvalue weighted by Gasteiger charge is -2.10. The summed E-state index contributed by atoms with van der Waals surface area (Å²) >= 11 is 11.1. The average molecular weight is 292 g/mol. The third-order valence-electron chi connectivity index (χ3n) is 2.50. The van der Waals surface area contributed by atoms with Crippen molar-refractivity contribution in [3.05, 3.63) is 64.9 Å². The van der Waals surface area contributed by atoms with Gasteiger partial charge in [0.1, 0.15) is 0 Å². The Hall–Kier alpha value is -1.65. The number of thiocarbonyl (C=S) groups is 1. The summed E-state index contributed by atoms with van der Waals surface area (Å²) in [6, 6.07) is 13.5. The molecule has 98 valence electrons. The molecule has 0 aliphatic carbocycles. The lowest BCUT2D eigenvalue weighted by molar-refractivity contribution is 0.816. The monoisotopic (exact) mass is 291 g/mol. The van der Waals surface area contributed by atoms with Gasteiger partial charge in [-0.3, -0.25) is 4.98 Å². The van der Waals surface area contributed by atoms with Crippen molar-refractivity contribution in [2.24, 2.45) is 0 Å². The van der Waals surface area contributed by atoms with Crippen LogP contribution in [0, 0.1) is 0 Å². The molecule has 2 N–H and O–H groups in total. The molecule has 3 nitrogen and oxygen atoms in total. The van der Waals surface area contributed by atoms with Crippen molar-refractivity contribution in [1.29, 1.82) is 0 Å². The molecular formula is C14H14ClN3S.